The zero-order valence-corrected chi connectivity index (χ0v) is 5.59. The summed E-state index contributed by atoms with van der Waals surface area (Å²) in [5.74, 6) is 0. The van der Waals surface area contributed by atoms with Crippen LogP contribution in [-0.2, 0) is 0 Å². The second-order valence-corrected chi connectivity index (χ2v) is 1.12. The van der Waals surface area contributed by atoms with Gasteiger partial charge in [0, 0.05) is 0 Å². The number of carbonyl (C=O) groups excluding carboxylic acids is 1. The Morgan fingerprint density at radius 3 is 2.56 bits per heavy atom. The van der Waals surface area contributed by atoms with Crippen LogP contribution in [0.4, 0.5) is 0 Å². The Morgan fingerprint density at radius 2 is 2.33 bits per heavy atom. The van der Waals surface area contributed by atoms with E-state index in [0.717, 1.165) is 0 Å². The van der Waals surface area contributed by atoms with Gasteiger partial charge in [-0.3, -0.25) is 4.79 Å². The lowest BCUT2D eigenvalue weighted by atomic mass is 10.6. The van der Waals surface area contributed by atoms with Crippen molar-refractivity contribution in [3.63, 3.8) is 0 Å². The van der Waals surface area contributed by atoms with Crippen LogP contribution in [0.15, 0.2) is 12.5 Å². The van der Waals surface area contributed by atoms with Gasteiger partial charge in [-0.05, 0) is 0 Å². The monoisotopic (exact) mass is 126 g/mol. The molecule has 0 aliphatic rings. The summed E-state index contributed by atoms with van der Waals surface area (Å²) in [7, 11) is 0. The molecule has 1 N–H and O–H groups in total. The lowest BCUT2D eigenvalue weighted by molar-refractivity contribution is 0.111. The summed E-state index contributed by atoms with van der Waals surface area (Å²) < 4.78 is 0. The number of hydrogen-bond acceptors (Lipinski definition) is 2. The SMILES string of the molecule is CC.O=Cc1cnc[nH]1. The molecule has 1 rings (SSSR count). The third kappa shape index (κ3) is 2.64. The molecule has 50 valence electrons. The molecule has 0 spiro atoms. The van der Waals surface area contributed by atoms with E-state index in [1.807, 2.05) is 13.8 Å². The van der Waals surface area contributed by atoms with Crippen LogP contribution < -0.4 is 0 Å². The minimum Gasteiger partial charge on any atom is -0.342 e. The van der Waals surface area contributed by atoms with Crippen LogP contribution in [0.1, 0.15) is 24.3 Å². The van der Waals surface area contributed by atoms with E-state index in [9.17, 15) is 4.79 Å². The zero-order chi connectivity index (χ0) is 7.11. The van der Waals surface area contributed by atoms with Crippen molar-refractivity contribution in [1.29, 1.82) is 0 Å². The summed E-state index contributed by atoms with van der Waals surface area (Å²) in [5, 5.41) is 0. The largest absolute Gasteiger partial charge is 0.342 e. The van der Waals surface area contributed by atoms with Crippen LogP contribution in [0, 0.1) is 0 Å². The van der Waals surface area contributed by atoms with Gasteiger partial charge in [0.05, 0.1) is 18.2 Å². The highest BCUT2D eigenvalue weighted by atomic mass is 16.1. The molecule has 1 aromatic rings. The molecule has 0 amide bonds. The predicted octanol–water partition coefficient (Wildman–Crippen LogP) is 1.25. The van der Waals surface area contributed by atoms with E-state index in [0.29, 0.717) is 12.0 Å². The predicted molar refractivity (Wildman–Crippen MR) is 35.3 cm³/mol. The Bertz CT molecular complexity index is 146. The molecular formula is C6H10N2O. The molecule has 0 radical (unpaired) electrons. The molecule has 0 bridgehead atoms. The molecule has 3 nitrogen and oxygen atoms in total. The summed E-state index contributed by atoms with van der Waals surface area (Å²) >= 11 is 0. The van der Waals surface area contributed by atoms with Crippen molar-refractivity contribution in [2.24, 2.45) is 0 Å². The Hall–Kier alpha value is -1.12. The van der Waals surface area contributed by atoms with Gasteiger partial charge in [0.1, 0.15) is 0 Å². The average molecular weight is 126 g/mol. The Morgan fingerprint density at radius 1 is 1.67 bits per heavy atom. The molecule has 3 heteroatoms. The number of rotatable bonds is 1. The molecule has 1 aromatic heterocycles. The van der Waals surface area contributed by atoms with E-state index in [4.69, 9.17) is 0 Å². The maximum atomic E-state index is 9.80. The summed E-state index contributed by atoms with van der Waals surface area (Å²) in [6.45, 7) is 4.00. The first kappa shape index (κ1) is 7.88. The number of H-pyrrole nitrogens is 1. The van der Waals surface area contributed by atoms with Crippen molar-refractivity contribution in [1.82, 2.24) is 9.97 Å². The first-order chi connectivity index (χ1) is 4.43. The number of nitrogens with zero attached hydrogens (tertiary/aromatic N) is 1. The number of carbonyl (C=O) groups is 1. The minimum atomic E-state index is 0.514. The minimum absolute atomic E-state index is 0.514. The van der Waals surface area contributed by atoms with Gasteiger partial charge in [-0.2, -0.15) is 0 Å². The van der Waals surface area contributed by atoms with Crippen molar-refractivity contribution in [3.05, 3.63) is 18.2 Å². The fraction of sp³-hybridized carbons (Fsp3) is 0.333. The molecule has 0 saturated heterocycles. The maximum Gasteiger partial charge on any atom is 0.167 e. The second kappa shape index (κ2) is 5.03. The van der Waals surface area contributed by atoms with Crippen LogP contribution in [0.25, 0.3) is 0 Å². The fourth-order valence-corrected chi connectivity index (χ4v) is 0.331. The van der Waals surface area contributed by atoms with Crippen molar-refractivity contribution in [3.8, 4) is 0 Å². The molecule has 0 fully saturated rings. The Balaban J connectivity index is 0.000000291. The van der Waals surface area contributed by atoms with E-state index < -0.39 is 0 Å². The van der Waals surface area contributed by atoms with Gasteiger partial charge in [-0.15, -0.1) is 0 Å². The summed E-state index contributed by atoms with van der Waals surface area (Å²) in [6.07, 6.45) is 3.64. The first-order valence-electron chi connectivity index (χ1n) is 2.87. The second-order valence-electron chi connectivity index (χ2n) is 1.12. The van der Waals surface area contributed by atoms with Crippen molar-refractivity contribution >= 4 is 6.29 Å². The topological polar surface area (TPSA) is 45.8 Å². The Kier molecular flexibility index (Phi) is 4.40. The normalized spacial score (nSPS) is 7.33. The lowest BCUT2D eigenvalue weighted by Crippen LogP contribution is -1.72. The van der Waals surface area contributed by atoms with E-state index in [1.165, 1.54) is 12.5 Å². The fourth-order valence-electron chi connectivity index (χ4n) is 0.331. The zero-order valence-electron chi connectivity index (χ0n) is 5.59. The van der Waals surface area contributed by atoms with Gasteiger partial charge in [0.15, 0.2) is 6.29 Å². The summed E-state index contributed by atoms with van der Waals surface area (Å²) in [4.78, 5) is 16.0. The maximum absolute atomic E-state index is 9.80. The molecule has 0 atom stereocenters. The number of hydrogen-bond donors (Lipinski definition) is 1. The Labute approximate surface area is 54.1 Å². The van der Waals surface area contributed by atoms with Gasteiger partial charge in [-0.25, -0.2) is 4.98 Å². The van der Waals surface area contributed by atoms with Crippen molar-refractivity contribution in [2.45, 2.75) is 13.8 Å². The van der Waals surface area contributed by atoms with Crippen LogP contribution in [0.3, 0.4) is 0 Å². The molecule has 1 heterocycles. The highest BCUT2D eigenvalue weighted by Gasteiger charge is 1.82. The average Bonchev–Trinajstić information content (AvgIpc) is 2.43. The van der Waals surface area contributed by atoms with Gasteiger partial charge < -0.3 is 4.98 Å². The number of nitrogens with one attached hydrogen (secondary N) is 1. The molecular weight excluding hydrogens is 116 g/mol. The van der Waals surface area contributed by atoms with Gasteiger partial charge in [0.2, 0.25) is 0 Å². The van der Waals surface area contributed by atoms with Crippen LogP contribution in [0.5, 0.6) is 0 Å². The highest BCUT2D eigenvalue weighted by molar-refractivity contribution is 5.70. The molecule has 0 aliphatic heterocycles. The smallest absolute Gasteiger partial charge is 0.167 e. The number of aldehydes is 1. The first-order valence-corrected chi connectivity index (χ1v) is 2.87. The van der Waals surface area contributed by atoms with Crippen LogP contribution >= 0.6 is 0 Å². The summed E-state index contributed by atoms with van der Waals surface area (Å²) in [5.41, 5.74) is 0.514. The van der Waals surface area contributed by atoms with Crippen molar-refractivity contribution in [2.75, 3.05) is 0 Å². The molecule has 0 aliphatic carbocycles. The standard InChI is InChI=1S/C4H4N2O.C2H6/c7-2-4-1-5-3-6-4;1-2/h1-3H,(H,5,6);1-2H3. The third-order valence-corrected chi connectivity index (χ3v) is 0.646. The van der Waals surface area contributed by atoms with Gasteiger partial charge in [-0.1, -0.05) is 13.8 Å². The van der Waals surface area contributed by atoms with Gasteiger partial charge >= 0.3 is 0 Å². The quantitative estimate of drug-likeness (QED) is 0.575. The van der Waals surface area contributed by atoms with Crippen LogP contribution in [0.2, 0.25) is 0 Å². The van der Waals surface area contributed by atoms with Gasteiger partial charge in [0.25, 0.3) is 0 Å². The van der Waals surface area contributed by atoms with E-state index in [1.54, 1.807) is 0 Å². The molecule has 0 unspecified atom stereocenters. The number of imidazole rings is 1. The van der Waals surface area contributed by atoms with Crippen LogP contribution in [-0.4, -0.2) is 16.3 Å². The van der Waals surface area contributed by atoms with Crippen molar-refractivity contribution < 1.29 is 4.79 Å². The summed E-state index contributed by atoms with van der Waals surface area (Å²) in [6, 6.07) is 0. The molecule has 0 saturated carbocycles. The number of aromatic amines is 1. The highest BCUT2D eigenvalue weighted by Crippen LogP contribution is 1.80. The lowest BCUT2D eigenvalue weighted by Gasteiger charge is -1.67. The number of aromatic nitrogens is 2. The molecule has 0 aromatic carbocycles. The van der Waals surface area contributed by atoms with E-state index >= 15 is 0 Å². The molecule has 9 heavy (non-hydrogen) atoms. The third-order valence-electron chi connectivity index (χ3n) is 0.646. The van der Waals surface area contributed by atoms with E-state index in [-0.39, 0.29) is 0 Å². The van der Waals surface area contributed by atoms with E-state index in [2.05, 4.69) is 9.97 Å².